The van der Waals surface area contributed by atoms with E-state index in [0.29, 0.717) is 24.0 Å². The molecule has 14 heteroatoms. The number of carbonyl (C=O) groups excluding carboxylic acids is 1. The molecule has 0 bridgehead atoms. The Labute approximate surface area is 229 Å². The summed E-state index contributed by atoms with van der Waals surface area (Å²) in [6.45, 7) is 0.0514. The average Bonchev–Trinajstić information content (AvgIpc) is 3.25. The topological polar surface area (TPSA) is 133 Å². The van der Waals surface area contributed by atoms with Gasteiger partial charge in [-0.05, 0) is 47.9 Å². The molecule has 2 unspecified atom stereocenters. The number of carbonyl (C=O) groups is 1. The molecule has 1 aromatic carbocycles. The highest BCUT2D eigenvalue weighted by atomic mass is 35.5. The van der Waals surface area contributed by atoms with E-state index in [4.69, 9.17) is 11.6 Å². The minimum absolute atomic E-state index is 0.000726. The van der Waals surface area contributed by atoms with E-state index < -0.39 is 37.5 Å². The summed E-state index contributed by atoms with van der Waals surface area (Å²) < 4.78 is 67.1. The molecule has 1 aromatic heterocycles. The lowest BCUT2D eigenvalue weighted by atomic mass is 9.78. The number of aliphatic hydroxyl groups is 1. The zero-order valence-electron chi connectivity index (χ0n) is 20.3. The van der Waals surface area contributed by atoms with Crippen molar-refractivity contribution in [2.24, 2.45) is 10.3 Å². The summed E-state index contributed by atoms with van der Waals surface area (Å²) in [5.74, 6) is -2.25. The van der Waals surface area contributed by atoms with E-state index in [-0.39, 0.29) is 56.8 Å². The molecule has 3 heterocycles. The molecule has 204 valence electrons. The van der Waals surface area contributed by atoms with E-state index in [1.165, 1.54) is 12.1 Å². The Balaban J connectivity index is 1.53. The van der Waals surface area contributed by atoms with Crippen molar-refractivity contribution in [1.82, 2.24) is 4.90 Å². The first-order chi connectivity index (χ1) is 17.9. The maximum atomic E-state index is 13.8. The van der Waals surface area contributed by atoms with Crippen LogP contribution in [0.15, 0.2) is 44.2 Å². The number of amidine groups is 1. The number of aliphatic hydroxyl groups excluding tert-OH is 1. The number of benzene rings is 1. The molecule has 0 saturated heterocycles. The Morgan fingerprint density at radius 2 is 2.00 bits per heavy atom. The molecular weight excluding hydrogens is 577 g/mol. The van der Waals surface area contributed by atoms with Crippen LogP contribution in [-0.2, 0) is 37.6 Å². The molecule has 1 amide bonds. The van der Waals surface area contributed by atoms with E-state index in [0.717, 1.165) is 36.5 Å². The molecular formula is C24H25ClFN3O6S3. The van der Waals surface area contributed by atoms with Crippen LogP contribution in [0.4, 0.5) is 9.39 Å². The van der Waals surface area contributed by atoms with Crippen molar-refractivity contribution in [1.29, 1.82) is 0 Å². The van der Waals surface area contributed by atoms with Gasteiger partial charge in [-0.25, -0.2) is 12.8 Å². The van der Waals surface area contributed by atoms with Gasteiger partial charge in [0.2, 0.25) is 0 Å². The highest BCUT2D eigenvalue weighted by Gasteiger charge is 2.46. The zero-order chi connectivity index (χ0) is 27.4. The van der Waals surface area contributed by atoms with Crippen molar-refractivity contribution in [3.05, 3.63) is 56.9 Å². The Morgan fingerprint density at radius 3 is 2.71 bits per heavy atom. The summed E-state index contributed by atoms with van der Waals surface area (Å²) >= 11 is 7.30. The molecule has 1 aliphatic carbocycles. The summed E-state index contributed by atoms with van der Waals surface area (Å²) in [6.07, 6.45) is 3.99. The summed E-state index contributed by atoms with van der Waals surface area (Å²) in [7, 11) is -7.62. The number of thiophene rings is 1. The van der Waals surface area contributed by atoms with Gasteiger partial charge in [-0.2, -0.15) is 8.42 Å². The average molecular weight is 602 g/mol. The summed E-state index contributed by atoms with van der Waals surface area (Å²) in [6, 6.07) is 3.58. The van der Waals surface area contributed by atoms with Gasteiger partial charge in [-0.15, -0.1) is 15.7 Å². The third-order valence-corrected chi connectivity index (χ3v) is 10.8. The smallest absolute Gasteiger partial charge is 0.287 e. The Hall–Kier alpha value is -2.48. The second-order valence-corrected chi connectivity index (χ2v) is 14.8. The molecule has 1 saturated carbocycles. The van der Waals surface area contributed by atoms with Crippen LogP contribution in [0.5, 0.6) is 0 Å². The summed E-state index contributed by atoms with van der Waals surface area (Å²) in [4.78, 5) is 15.3. The number of rotatable bonds is 6. The van der Waals surface area contributed by atoms with Crippen molar-refractivity contribution < 1.29 is 31.1 Å². The quantitative estimate of drug-likeness (QED) is 0.510. The number of sulfone groups is 1. The van der Waals surface area contributed by atoms with Crippen molar-refractivity contribution in [3.63, 3.8) is 0 Å². The Morgan fingerprint density at radius 1 is 1.26 bits per heavy atom. The van der Waals surface area contributed by atoms with Crippen molar-refractivity contribution in [3.8, 4) is 0 Å². The number of nitrogens with one attached hydrogen (secondary N) is 1. The molecule has 5 rings (SSSR count). The van der Waals surface area contributed by atoms with Crippen molar-refractivity contribution in [2.75, 3.05) is 17.3 Å². The van der Waals surface area contributed by atoms with Gasteiger partial charge in [-0.1, -0.05) is 30.5 Å². The number of hydrogen-bond acceptors (Lipinski definition) is 8. The van der Waals surface area contributed by atoms with E-state index in [9.17, 15) is 31.1 Å². The molecule has 9 nitrogen and oxygen atoms in total. The Kier molecular flexibility index (Phi) is 7.08. The summed E-state index contributed by atoms with van der Waals surface area (Å²) in [5, 5.41) is 16.0. The van der Waals surface area contributed by atoms with Gasteiger partial charge in [0.25, 0.3) is 15.9 Å². The van der Waals surface area contributed by atoms with Gasteiger partial charge in [0.15, 0.2) is 5.84 Å². The van der Waals surface area contributed by atoms with Crippen molar-refractivity contribution >= 4 is 59.5 Å². The van der Waals surface area contributed by atoms with Crippen LogP contribution >= 0.6 is 22.9 Å². The van der Waals surface area contributed by atoms with E-state index >= 15 is 0 Å². The van der Waals surface area contributed by atoms with Crippen molar-refractivity contribution in [2.45, 2.75) is 49.6 Å². The lowest BCUT2D eigenvalue weighted by molar-refractivity contribution is -0.133. The normalized spacial score (nSPS) is 23.0. The predicted octanol–water partition coefficient (Wildman–Crippen LogP) is 4.05. The molecule has 2 N–H and O–H groups in total. The van der Waals surface area contributed by atoms with Gasteiger partial charge < -0.3 is 15.3 Å². The SMILES string of the molecule is CS(=O)(=O)CCc1csc2c1S(=O)(=O)N=C(C1=C(O)C3CCCCC3N(Cc3ccc(F)cc3Cl)C1=O)N2. The number of hydrogen-bond donors (Lipinski definition) is 2. The fourth-order valence-corrected chi connectivity index (χ4v) is 8.75. The standard InChI is InChI=1S/C24H25ClFN3O6S3/c1-37(32,33)9-8-14-12-36-23-21(14)38(34,35)28-22(27-23)19-20(30)16-4-2-3-5-18(16)29(24(19)31)11-13-6-7-15(26)10-17(13)25/h6-7,10,12,16,18,30H,2-5,8-9,11H2,1H3,(H,27,28). The molecule has 38 heavy (non-hydrogen) atoms. The highest BCUT2D eigenvalue weighted by Crippen LogP contribution is 2.42. The predicted molar refractivity (Wildman–Crippen MR) is 143 cm³/mol. The number of aryl methyl sites for hydroxylation is 1. The Bertz CT molecular complexity index is 1600. The summed E-state index contributed by atoms with van der Waals surface area (Å²) in [5.41, 5.74) is 0.610. The first kappa shape index (κ1) is 27.1. The number of fused-ring (bicyclic) bond motifs is 2. The molecule has 2 aromatic rings. The van der Waals surface area contributed by atoms with Gasteiger partial charge in [-0.3, -0.25) is 4.79 Å². The zero-order valence-corrected chi connectivity index (χ0v) is 23.5. The number of anilines is 1. The van der Waals surface area contributed by atoms with Gasteiger partial charge in [0.1, 0.15) is 36.9 Å². The van der Waals surface area contributed by atoms with Crippen LogP contribution in [0.25, 0.3) is 0 Å². The van der Waals surface area contributed by atoms with E-state index in [2.05, 4.69) is 9.71 Å². The monoisotopic (exact) mass is 601 g/mol. The minimum Gasteiger partial charge on any atom is -0.511 e. The van der Waals surface area contributed by atoms with Crippen LogP contribution < -0.4 is 5.32 Å². The van der Waals surface area contributed by atoms with Crippen LogP contribution in [-0.4, -0.2) is 56.6 Å². The van der Waals surface area contributed by atoms with Crippen LogP contribution in [0.2, 0.25) is 5.02 Å². The largest absolute Gasteiger partial charge is 0.511 e. The maximum Gasteiger partial charge on any atom is 0.287 e. The second-order valence-electron chi connectivity index (χ2n) is 9.73. The first-order valence-corrected chi connectivity index (χ1v) is 16.7. The third-order valence-electron chi connectivity index (χ3n) is 7.06. The number of nitrogens with zero attached hydrogens (tertiary/aromatic N) is 2. The third kappa shape index (κ3) is 5.08. The fourth-order valence-electron chi connectivity index (χ4n) is 5.26. The molecule has 1 fully saturated rings. The van der Waals surface area contributed by atoms with Crippen LogP contribution in [0.3, 0.4) is 0 Å². The lowest BCUT2D eigenvalue weighted by Crippen LogP contribution is -2.52. The van der Waals surface area contributed by atoms with Crippen LogP contribution in [0.1, 0.15) is 36.8 Å². The molecule has 2 aliphatic heterocycles. The fraction of sp³-hybridized carbons (Fsp3) is 0.417. The number of amides is 1. The lowest BCUT2D eigenvalue weighted by Gasteiger charge is -2.44. The molecule has 3 aliphatic rings. The maximum absolute atomic E-state index is 13.8. The highest BCUT2D eigenvalue weighted by molar-refractivity contribution is 7.91. The van der Waals surface area contributed by atoms with Gasteiger partial charge in [0, 0.05) is 29.8 Å². The number of halogens is 2. The van der Waals surface area contributed by atoms with Gasteiger partial charge >= 0.3 is 0 Å². The molecule has 0 spiro atoms. The second kappa shape index (κ2) is 9.92. The minimum atomic E-state index is -4.30. The van der Waals surface area contributed by atoms with Gasteiger partial charge in [0.05, 0.1) is 5.75 Å². The molecule has 0 radical (unpaired) electrons. The van der Waals surface area contributed by atoms with E-state index in [1.54, 1.807) is 10.3 Å². The van der Waals surface area contributed by atoms with Crippen LogP contribution in [0, 0.1) is 11.7 Å². The van der Waals surface area contributed by atoms with E-state index in [1.807, 2.05) is 0 Å². The number of sulfonamides is 1. The first-order valence-electron chi connectivity index (χ1n) is 11.9. The molecule has 2 atom stereocenters.